The van der Waals surface area contributed by atoms with E-state index >= 15 is 0 Å². The van der Waals surface area contributed by atoms with Crippen LogP contribution < -0.4 is 15.8 Å². The van der Waals surface area contributed by atoms with E-state index in [-0.39, 0.29) is 23.4 Å². The molecule has 2 bridgehead atoms. The van der Waals surface area contributed by atoms with E-state index in [1.807, 2.05) is 31.0 Å². The standard InChI is InChI=1S/C24H26FN5O2/c1-13-7-15(9-23(32)28-13)14-3-5-17(21(31)8-14)19-11-27-22(12-26-19)30(2)20-10-16-4-6-18(29-16)24(20)25/h3,5,7-9,11-12,16,18,20,24,29,31H,4,6,10H2,1-2H3,(H,28,32)/t16?,18-,20+,24-/m0/s1. The highest BCUT2D eigenvalue weighted by atomic mass is 19.1. The van der Waals surface area contributed by atoms with E-state index in [1.54, 1.807) is 24.5 Å². The van der Waals surface area contributed by atoms with Crippen LogP contribution in [0, 0.1) is 6.92 Å². The maximum atomic E-state index is 14.9. The number of piperidine rings is 1. The van der Waals surface area contributed by atoms with Crippen molar-refractivity contribution >= 4 is 5.82 Å². The van der Waals surface area contributed by atoms with Crippen LogP contribution in [-0.4, -0.2) is 51.4 Å². The summed E-state index contributed by atoms with van der Waals surface area (Å²) in [6, 6.07) is 8.63. The van der Waals surface area contributed by atoms with Crippen molar-refractivity contribution in [1.29, 1.82) is 0 Å². The molecule has 1 unspecified atom stereocenters. The van der Waals surface area contributed by atoms with E-state index in [0.717, 1.165) is 36.1 Å². The average molecular weight is 436 g/mol. The molecule has 2 aliphatic heterocycles. The van der Waals surface area contributed by atoms with Gasteiger partial charge in [-0.3, -0.25) is 9.78 Å². The highest BCUT2D eigenvalue weighted by Gasteiger charge is 2.43. The van der Waals surface area contributed by atoms with Crippen LogP contribution in [0.15, 0.2) is 47.5 Å². The second-order valence-electron chi connectivity index (χ2n) is 8.81. The van der Waals surface area contributed by atoms with Crippen LogP contribution in [-0.2, 0) is 0 Å². The third kappa shape index (κ3) is 3.75. The molecule has 2 aliphatic rings. The van der Waals surface area contributed by atoms with Crippen molar-refractivity contribution in [2.75, 3.05) is 11.9 Å². The van der Waals surface area contributed by atoms with Crippen molar-refractivity contribution < 1.29 is 9.50 Å². The normalized spacial score (nSPS) is 24.5. The molecule has 1 aromatic carbocycles. The number of phenols is 1. The van der Waals surface area contributed by atoms with Crippen molar-refractivity contribution in [2.45, 2.75) is 50.5 Å². The molecule has 8 heteroatoms. The highest BCUT2D eigenvalue weighted by molar-refractivity contribution is 5.74. The van der Waals surface area contributed by atoms with E-state index < -0.39 is 6.17 Å². The minimum Gasteiger partial charge on any atom is -0.507 e. The molecule has 32 heavy (non-hydrogen) atoms. The van der Waals surface area contributed by atoms with E-state index in [2.05, 4.69) is 20.3 Å². The lowest BCUT2D eigenvalue weighted by Gasteiger charge is -2.38. The zero-order valence-corrected chi connectivity index (χ0v) is 18.0. The molecule has 4 heterocycles. The predicted octanol–water partition coefficient (Wildman–Crippen LogP) is 3.18. The van der Waals surface area contributed by atoms with Gasteiger partial charge in [0, 0.05) is 36.5 Å². The van der Waals surface area contributed by atoms with E-state index in [0.29, 0.717) is 23.1 Å². The second kappa shape index (κ2) is 8.02. The van der Waals surface area contributed by atoms with Gasteiger partial charge < -0.3 is 20.3 Å². The molecule has 0 aliphatic carbocycles. The number of aromatic nitrogens is 3. The Morgan fingerprint density at radius 3 is 2.69 bits per heavy atom. The minimum absolute atomic E-state index is 0.0505. The van der Waals surface area contributed by atoms with Gasteiger partial charge in [-0.15, -0.1) is 0 Å². The number of pyridine rings is 1. The number of aryl methyl sites for hydroxylation is 1. The Balaban J connectivity index is 1.37. The first-order valence-corrected chi connectivity index (χ1v) is 10.9. The third-order valence-corrected chi connectivity index (χ3v) is 6.64. The molecule has 5 rings (SSSR count). The molecule has 2 fully saturated rings. The molecular weight excluding hydrogens is 409 g/mol. The van der Waals surface area contributed by atoms with Crippen LogP contribution in [0.25, 0.3) is 22.4 Å². The Labute approximate surface area is 185 Å². The lowest BCUT2D eigenvalue weighted by molar-refractivity contribution is 0.176. The van der Waals surface area contributed by atoms with Gasteiger partial charge in [0.15, 0.2) is 0 Å². The first-order valence-electron chi connectivity index (χ1n) is 10.9. The van der Waals surface area contributed by atoms with Crippen molar-refractivity contribution in [3.8, 4) is 28.1 Å². The summed E-state index contributed by atoms with van der Waals surface area (Å²) in [6.07, 6.45) is 4.94. The van der Waals surface area contributed by atoms with Crippen LogP contribution in [0.1, 0.15) is 25.0 Å². The van der Waals surface area contributed by atoms with E-state index in [1.165, 1.54) is 6.07 Å². The SMILES string of the molecule is Cc1cc(-c2ccc(-c3cnc(N(C)[C@@H]4CC5CC[C@H](N5)[C@@H]4F)cn3)c(O)c2)cc(=O)[nH]1. The molecule has 4 atom stereocenters. The molecule has 3 N–H and O–H groups in total. The summed E-state index contributed by atoms with van der Waals surface area (Å²) in [5.74, 6) is 0.660. The molecule has 2 saturated heterocycles. The number of nitrogens with one attached hydrogen (secondary N) is 2. The summed E-state index contributed by atoms with van der Waals surface area (Å²) in [7, 11) is 1.86. The van der Waals surface area contributed by atoms with Gasteiger partial charge in [-0.1, -0.05) is 6.07 Å². The molecule has 7 nitrogen and oxygen atoms in total. The lowest BCUT2D eigenvalue weighted by atomic mass is 9.96. The Morgan fingerprint density at radius 1 is 1.12 bits per heavy atom. The minimum atomic E-state index is -0.939. The molecule has 3 aromatic rings. The van der Waals surface area contributed by atoms with Crippen LogP contribution in [0.4, 0.5) is 10.2 Å². The van der Waals surface area contributed by atoms with Gasteiger partial charge in [-0.25, -0.2) is 9.37 Å². The van der Waals surface area contributed by atoms with Crippen LogP contribution in [0.3, 0.4) is 0 Å². The summed E-state index contributed by atoms with van der Waals surface area (Å²) in [4.78, 5) is 25.3. The zero-order valence-electron chi connectivity index (χ0n) is 18.0. The Kier molecular flexibility index (Phi) is 5.17. The summed E-state index contributed by atoms with van der Waals surface area (Å²) in [5, 5.41) is 14.0. The average Bonchev–Trinajstić information content (AvgIpc) is 3.19. The smallest absolute Gasteiger partial charge is 0.248 e. The van der Waals surface area contributed by atoms with Gasteiger partial charge >= 0.3 is 0 Å². The summed E-state index contributed by atoms with van der Waals surface area (Å²) < 4.78 is 14.9. The molecule has 0 spiro atoms. The zero-order chi connectivity index (χ0) is 22.4. The number of rotatable bonds is 4. The monoisotopic (exact) mass is 435 g/mol. The number of hydrogen-bond donors (Lipinski definition) is 3. The maximum Gasteiger partial charge on any atom is 0.248 e. The van der Waals surface area contributed by atoms with Gasteiger partial charge in [-0.05, 0) is 55.5 Å². The number of aromatic amines is 1. The summed E-state index contributed by atoms with van der Waals surface area (Å²) >= 11 is 0. The van der Waals surface area contributed by atoms with Gasteiger partial charge in [-0.2, -0.15) is 0 Å². The van der Waals surface area contributed by atoms with Gasteiger partial charge in [0.1, 0.15) is 17.7 Å². The number of fused-ring (bicyclic) bond motifs is 2. The summed E-state index contributed by atoms with van der Waals surface area (Å²) in [6.45, 7) is 1.81. The molecule has 0 saturated carbocycles. The predicted molar refractivity (Wildman–Crippen MR) is 122 cm³/mol. The highest BCUT2D eigenvalue weighted by Crippen LogP contribution is 2.35. The molecule has 0 radical (unpaired) electrons. The Hall–Kier alpha value is -3.26. The number of anilines is 1. The number of alkyl halides is 1. The number of nitrogens with zero attached hydrogens (tertiary/aromatic N) is 3. The Morgan fingerprint density at radius 2 is 1.97 bits per heavy atom. The fourth-order valence-electron chi connectivity index (χ4n) is 4.94. The van der Waals surface area contributed by atoms with E-state index in [4.69, 9.17) is 0 Å². The molecular formula is C24H26FN5O2. The number of phenolic OH excluding ortho intramolecular Hbond substituents is 1. The van der Waals surface area contributed by atoms with Gasteiger partial charge in [0.25, 0.3) is 0 Å². The number of benzene rings is 1. The van der Waals surface area contributed by atoms with Crippen LogP contribution in [0.5, 0.6) is 5.75 Å². The van der Waals surface area contributed by atoms with Crippen LogP contribution >= 0.6 is 0 Å². The summed E-state index contributed by atoms with van der Waals surface area (Å²) in [5.41, 5.74) is 3.09. The second-order valence-corrected chi connectivity index (χ2v) is 8.81. The Bertz CT molecular complexity index is 1200. The van der Waals surface area contributed by atoms with Gasteiger partial charge in [0.05, 0.1) is 24.1 Å². The largest absolute Gasteiger partial charge is 0.507 e. The fourth-order valence-corrected chi connectivity index (χ4v) is 4.94. The molecule has 0 amide bonds. The van der Waals surface area contributed by atoms with Crippen molar-refractivity contribution in [3.05, 3.63) is 58.8 Å². The van der Waals surface area contributed by atoms with Gasteiger partial charge in [0.2, 0.25) is 5.56 Å². The van der Waals surface area contributed by atoms with Crippen molar-refractivity contribution in [3.63, 3.8) is 0 Å². The van der Waals surface area contributed by atoms with Crippen molar-refractivity contribution in [1.82, 2.24) is 20.3 Å². The lowest BCUT2D eigenvalue weighted by Crippen LogP contribution is -2.55. The number of aromatic hydroxyl groups is 1. The maximum absolute atomic E-state index is 14.9. The fraction of sp³-hybridized carbons (Fsp3) is 0.375. The van der Waals surface area contributed by atoms with Crippen LogP contribution in [0.2, 0.25) is 0 Å². The first-order chi connectivity index (χ1) is 15.4. The first kappa shape index (κ1) is 20.6. The number of H-pyrrole nitrogens is 1. The molecule has 2 aromatic heterocycles. The van der Waals surface area contributed by atoms with E-state index in [9.17, 15) is 14.3 Å². The molecule has 166 valence electrons. The quantitative estimate of drug-likeness (QED) is 0.583. The third-order valence-electron chi connectivity index (χ3n) is 6.64. The number of halogens is 1. The number of hydrogen-bond acceptors (Lipinski definition) is 6. The van der Waals surface area contributed by atoms with Crippen molar-refractivity contribution in [2.24, 2.45) is 0 Å². The topological polar surface area (TPSA) is 94.1 Å².